The predicted octanol–water partition coefficient (Wildman–Crippen LogP) is 2.91. The van der Waals surface area contributed by atoms with Crippen LogP contribution in [0.4, 0.5) is 0 Å². The highest BCUT2D eigenvalue weighted by Crippen LogP contribution is 2.26. The zero-order valence-corrected chi connectivity index (χ0v) is 11.8. The predicted molar refractivity (Wildman–Crippen MR) is 82.8 cm³/mol. The first kappa shape index (κ1) is 13.4. The molecular formula is C17H22N2O. The third-order valence-corrected chi connectivity index (χ3v) is 4.55. The van der Waals surface area contributed by atoms with Crippen LogP contribution < -0.4 is 11.3 Å². The average molecular weight is 270 g/mol. The first-order valence-corrected chi connectivity index (χ1v) is 7.60. The van der Waals surface area contributed by atoms with Crippen LogP contribution in [0.15, 0.2) is 41.2 Å². The lowest BCUT2D eigenvalue weighted by Gasteiger charge is -2.28. The molecule has 0 radical (unpaired) electrons. The molecule has 2 N–H and O–H groups in total. The second kappa shape index (κ2) is 5.80. The monoisotopic (exact) mass is 270 g/mol. The Labute approximate surface area is 119 Å². The molecule has 3 rings (SSSR count). The summed E-state index contributed by atoms with van der Waals surface area (Å²) in [7, 11) is 0. The Morgan fingerprint density at radius 1 is 1.10 bits per heavy atom. The van der Waals surface area contributed by atoms with Gasteiger partial charge < -0.3 is 10.3 Å². The van der Waals surface area contributed by atoms with Crippen LogP contribution in [-0.2, 0) is 6.54 Å². The van der Waals surface area contributed by atoms with Crippen LogP contribution in [-0.4, -0.2) is 10.6 Å². The number of benzene rings is 1. The van der Waals surface area contributed by atoms with Crippen LogP contribution in [0.25, 0.3) is 10.9 Å². The summed E-state index contributed by atoms with van der Waals surface area (Å²) < 4.78 is 1.84. The number of nitrogens with zero attached hydrogens (tertiary/aromatic N) is 1. The van der Waals surface area contributed by atoms with Gasteiger partial charge in [-0.1, -0.05) is 37.5 Å². The summed E-state index contributed by atoms with van der Waals surface area (Å²) in [6, 6.07) is 11.6. The summed E-state index contributed by atoms with van der Waals surface area (Å²) in [5.41, 5.74) is 7.42. The van der Waals surface area contributed by atoms with Crippen molar-refractivity contribution in [1.82, 2.24) is 4.57 Å². The summed E-state index contributed by atoms with van der Waals surface area (Å²) >= 11 is 0. The Balaban J connectivity index is 1.89. The largest absolute Gasteiger partial charge is 0.326 e. The average Bonchev–Trinajstić information content (AvgIpc) is 2.51. The molecule has 0 amide bonds. The first-order valence-electron chi connectivity index (χ1n) is 7.60. The summed E-state index contributed by atoms with van der Waals surface area (Å²) in [4.78, 5) is 12.2. The molecule has 106 valence electrons. The van der Waals surface area contributed by atoms with Gasteiger partial charge in [-0.15, -0.1) is 0 Å². The van der Waals surface area contributed by atoms with E-state index >= 15 is 0 Å². The van der Waals surface area contributed by atoms with Crippen molar-refractivity contribution in [1.29, 1.82) is 0 Å². The molecule has 1 unspecified atom stereocenters. The molecule has 1 atom stereocenters. The highest BCUT2D eigenvalue weighted by Gasteiger charge is 2.21. The zero-order valence-electron chi connectivity index (χ0n) is 11.8. The molecule has 1 aromatic heterocycles. The van der Waals surface area contributed by atoms with Crippen molar-refractivity contribution in [2.45, 2.75) is 44.7 Å². The van der Waals surface area contributed by atoms with Crippen LogP contribution in [0.5, 0.6) is 0 Å². The minimum absolute atomic E-state index is 0.0509. The highest BCUT2D eigenvalue weighted by atomic mass is 16.1. The van der Waals surface area contributed by atoms with Crippen LogP contribution in [0, 0.1) is 5.92 Å². The Kier molecular flexibility index (Phi) is 3.88. The maximum Gasteiger partial charge on any atom is 0.251 e. The lowest BCUT2D eigenvalue weighted by molar-refractivity contribution is 0.285. The number of aromatic nitrogens is 1. The van der Waals surface area contributed by atoms with E-state index in [-0.39, 0.29) is 11.6 Å². The fraction of sp³-hybridized carbons (Fsp3) is 0.471. The van der Waals surface area contributed by atoms with Gasteiger partial charge in [-0.05, 0) is 36.3 Å². The number of para-hydroxylation sites is 1. The second-order valence-electron chi connectivity index (χ2n) is 5.90. The third-order valence-electron chi connectivity index (χ3n) is 4.55. The van der Waals surface area contributed by atoms with Gasteiger partial charge in [0.05, 0.1) is 5.52 Å². The number of pyridine rings is 1. The minimum Gasteiger partial charge on any atom is -0.326 e. The van der Waals surface area contributed by atoms with Gasteiger partial charge in [0.25, 0.3) is 5.56 Å². The van der Waals surface area contributed by atoms with Crippen molar-refractivity contribution in [3.05, 3.63) is 46.8 Å². The van der Waals surface area contributed by atoms with Crippen LogP contribution in [0.1, 0.15) is 32.1 Å². The van der Waals surface area contributed by atoms with E-state index in [2.05, 4.69) is 0 Å². The van der Waals surface area contributed by atoms with Gasteiger partial charge in [-0.2, -0.15) is 0 Å². The second-order valence-corrected chi connectivity index (χ2v) is 5.90. The molecule has 1 aliphatic rings. The molecule has 0 bridgehead atoms. The molecule has 1 aromatic carbocycles. The van der Waals surface area contributed by atoms with Crippen molar-refractivity contribution >= 4 is 10.9 Å². The van der Waals surface area contributed by atoms with E-state index in [0.717, 1.165) is 10.9 Å². The van der Waals surface area contributed by atoms with E-state index in [1.165, 1.54) is 32.1 Å². The van der Waals surface area contributed by atoms with Gasteiger partial charge in [0.2, 0.25) is 0 Å². The topological polar surface area (TPSA) is 48.0 Å². The van der Waals surface area contributed by atoms with Gasteiger partial charge in [0.15, 0.2) is 0 Å². The molecule has 0 saturated heterocycles. The molecule has 0 aliphatic heterocycles. The Morgan fingerprint density at radius 2 is 1.85 bits per heavy atom. The summed E-state index contributed by atoms with van der Waals surface area (Å²) in [5.74, 6) is 0.564. The molecule has 2 aromatic rings. The molecule has 1 fully saturated rings. The molecule has 0 spiro atoms. The van der Waals surface area contributed by atoms with Crippen LogP contribution in [0.3, 0.4) is 0 Å². The minimum atomic E-state index is 0.0509. The van der Waals surface area contributed by atoms with E-state index in [9.17, 15) is 4.79 Å². The fourth-order valence-electron chi connectivity index (χ4n) is 3.35. The summed E-state index contributed by atoms with van der Waals surface area (Å²) in [5, 5.41) is 1.10. The number of hydrogen-bond donors (Lipinski definition) is 1. The first-order chi connectivity index (χ1) is 9.75. The Morgan fingerprint density at radius 3 is 2.65 bits per heavy atom. The van der Waals surface area contributed by atoms with Crippen LogP contribution >= 0.6 is 0 Å². The molecule has 1 heterocycles. The Hall–Kier alpha value is -1.61. The standard InChI is InChI=1S/C17H22N2O/c18-15(13-6-2-1-3-7-13)12-19-16-9-5-4-8-14(16)10-11-17(19)20/h4-5,8-11,13,15H,1-3,6-7,12,18H2. The lowest BCUT2D eigenvalue weighted by atomic mass is 9.84. The van der Waals surface area contributed by atoms with Gasteiger partial charge in [-0.3, -0.25) is 4.79 Å². The third kappa shape index (κ3) is 2.63. The maximum atomic E-state index is 12.2. The number of rotatable bonds is 3. The SMILES string of the molecule is NC(Cn1c(=O)ccc2ccccc21)C1CCCCC1. The molecular weight excluding hydrogens is 248 g/mol. The van der Waals surface area contributed by atoms with E-state index < -0.39 is 0 Å². The van der Waals surface area contributed by atoms with Gasteiger partial charge >= 0.3 is 0 Å². The number of hydrogen-bond acceptors (Lipinski definition) is 2. The summed E-state index contributed by atoms with van der Waals surface area (Å²) in [6.45, 7) is 0.630. The van der Waals surface area contributed by atoms with Crippen molar-refractivity contribution in [3.63, 3.8) is 0 Å². The van der Waals surface area contributed by atoms with E-state index in [0.29, 0.717) is 12.5 Å². The molecule has 20 heavy (non-hydrogen) atoms. The van der Waals surface area contributed by atoms with Gasteiger partial charge in [0.1, 0.15) is 0 Å². The molecule has 1 saturated carbocycles. The fourth-order valence-corrected chi connectivity index (χ4v) is 3.35. The van der Waals surface area contributed by atoms with Crippen molar-refractivity contribution < 1.29 is 0 Å². The quantitative estimate of drug-likeness (QED) is 0.932. The van der Waals surface area contributed by atoms with E-state index in [1.54, 1.807) is 6.07 Å². The van der Waals surface area contributed by atoms with Gasteiger partial charge in [-0.25, -0.2) is 0 Å². The normalized spacial score (nSPS) is 18.2. The van der Waals surface area contributed by atoms with Crippen molar-refractivity contribution in [2.24, 2.45) is 11.7 Å². The van der Waals surface area contributed by atoms with Crippen molar-refractivity contribution in [2.75, 3.05) is 0 Å². The van der Waals surface area contributed by atoms with Crippen LogP contribution in [0.2, 0.25) is 0 Å². The number of nitrogens with two attached hydrogens (primary N) is 1. The zero-order chi connectivity index (χ0) is 13.9. The lowest BCUT2D eigenvalue weighted by Crippen LogP contribution is -2.38. The maximum absolute atomic E-state index is 12.2. The summed E-state index contributed by atoms with van der Waals surface area (Å²) in [6.07, 6.45) is 6.31. The molecule has 3 heteroatoms. The Bertz CT molecular complexity index is 641. The number of fused-ring (bicyclic) bond motifs is 1. The van der Waals surface area contributed by atoms with Gasteiger partial charge in [0, 0.05) is 18.7 Å². The van der Waals surface area contributed by atoms with Crippen molar-refractivity contribution in [3.8, 4) is 0 Å². The van der Waals surface area contributed by atoms with E-state index in [4.69, 9.17) is 5.73 Å². The smallest absolute Gasteiger partial charge is 0.251 e. The molecule has 1 aliphatic carbocycles. The highest BCUT2D eigenvalue weighted by molar-refractivity contribution is 5.78. The van der Waals surface area contributed by atoms with E-state index in [1.807, 2.05) is 34.9 Å². The molecule has 3 nitrogen and oxygen atoms in total.